The zero-order chi connectivity index (χ0) is 14.8. The van der Waals surface area contributed by atoms with E-state index in [0.717, 1.165) is 27.0 Å². The molecule has 1 N–H and O–H groups in total. The van der Waals surface area contributed by atoms with Gasteiger partial charge in [0.1, 0.15) is 10.9 Å². The number of aryl methyl sites for hydroxylation is 1. The summed E-state index contributed by atoms with van der Waals surface area (Å²) in [4.78, 5) is 16.0. The van der Waals surface area contributed by atoms with Crippen LogP contribution in [0.5, 0.6) is 0 Å². The van der Waals surface area contributed by atoms with Gasteiger partial charge in [-0.2, -0.15) is 0 Å². The number of benzene rings is 1. The molecule has 106 valence electrons. The summed E-state index contributed by atoms with van der Waals surface area (Å²) in [7, 11) is 0. The highest BCUT2D eigenvalue weighted by Crippen LogP contribution is 2.28. The van der Waals surface area contributed by atoms with Crippen LogP contribution in [0.3, 0.4) is 0 Å². The van der Waals surface area contributed by atoms with E-state index in [9.17, 15) is 4.79 Å². The van der Waals surface area contributed by atoms with E-state index in [1.54, 1.807) is 6.20 Å². The van der Waals surface area contributed by atoms with E-state index in [2.05, 4.69) is 15.2 Å². The summed E-state index contributed by atoms with van der Waals surface area (Å²) in [6.07, 6.45) is 3.57. The van der Waals surface area contributed by atoms with Gasteiger partial charge in [-0.25, -0.2) is 4.98 Å². The fourth-order valence-corrected chi connectivity index (χ4v) is 2.79. The lowest BCUT2D eigenvalue weighted by molar-refractivity contribution is -0.136. The number of carboxylic acid groups (broad SMARTS) is 1. The van der Waals surface area contributed by atoms with Crippen LogP contribution in [0.2, 0.25) is 0 Å². The maximum absolute atomic E-state index is 10.7. The Morgan fingerprint density at radius 3 is 2.76 bits per heavy atom. The number of aromatic nitrogens is 4. The third-order valence-electron chi connectivity index (χ3n) is 2.96. The predicted octanol–water partition coefficient (Wildman–Crippen LogP) is 2.21. The van der Waals surface area contributed by atoms with Gasteiger partial charge < -0.3 is 5.11 Å². The largest absolute Gasteiger partial charge is 0.481 e. The zero-order valence-corrected chi connectivity index (χ0v) is 12.0. The molecule has 0 radical (unpaired) electrons. The Balaban J connectivity index is 1.86. The van der Waals surface area contributed by atoms with Gasteiger partial charge in [0, 0.05) is 17.3 Å². The van der Waals surface area contributed by atoms with Crippen molar-refractivity contribution in [3.05, 3.63) is 48.0 Å². The van der Waals surface area contributed by atoms with Crippen LogP contribution in [0, 0.1) is 6.92 Å². The summed E-state index contributed by atoms with van der Waals surface area (Å²) >= 11 is 1.48. The lowest BCUT2D eigenvalue weighted by Crippen LogP contribution is -1.99. The van der Waals surface area contributed by atoms with E-state index < -0.39 is 5.97 Å². The fourth-order valence-electron chi connectivity index (χ4n) is 1.95. The van der Waals surface area contributed by atoms with Crippen molar-refractivity contribution in [3.8, 4) is 0 Å². The number of nitrogens with zero attached hydrogens (tertiary/aromatic N) is 4. The van der Waals surface area contributed by atoms with Gasteiger partial charge in [-0.05, 0) is 24.6 Å². The van der Waals surface area contributed by atoms with Gasteiger partial charge in [0.25, 0.3) is 0 Å². The van der Waals surface area contributed by atoms with Crippen LogP contribution in [0.4, 0.5) is 0 Å². The van der Waals surface area contributed by atoms with Gasteiger partial charge in [-0.1, -0.05) is 23.9 Å². The van der Waals surface area contributed by atoms with Gasteiger partial charge in [-0.15, -0.1) is 10.2 Å². The highest BCUT2D eigenvalue weighted by atomic mass is 32.2. The molecule has 0 amide bonds. The maximum atomic E-state index is 10.7. The first-order valence-electron chi connectivity index (χ1n) is 6.28. The number of carbonyl (C=O) groups is 1. The van der Waals surface area contributed by atoms with Crippen LogP contribution in [0.1, 0.15) is 11.4 Å². The molecule has 0 aliphatic carbocycles. The molecule has 0 unspecified atom stereocenters. The highest BCUT2D eigenvalue weighted by Gasteiger charge is 2.09. The molecule has 21 heavy (non-hydrogen) atoms. The molecule has 7 heteroatoms. The zero-order valence-electron chi connectivity index (χ0n) is 11.2. The second kappa shape index (κ2) is 5.53. The molecule has 0 fully saturated rings. The van der Waals surface area contributed by atoms with E-state index in [1.807, 2.05) is 41.8 Å². The Hall–Kier alpha value is -2.41. The van der Waals surface area contributed by atoms with Crippen molar-refractivity contribution in [3.63, 3.8) is 0 Å². The monoisotopic (exact) mass is 300 g/mol. The van der Waals surface area contributed by atoms with Crippen molar-refractivity contribution in [1.29, 1.82) is 0 Å². The number of rotatable bonds is 4. The topological polar surface area (TPSA) is 80.4 Å². The third-order valence-corrected chi connectivity index (χ3v) is 3.95. The second-order valence-electron chi connectivity index (χ2n) is 4.49. The molecule has 2 aromatic heterocycles. The standard InChI is InChI=1S/C14H12N4O2S/c1-9-16-17-13-14(15-6-7-18(9)13)21-11-4-2-10(3-5-11)8-12(19)20/h2-7H,8H2,1H3,(H,19,20). The molecule has 1 aromatic carbocycles. The summed E-state index contributed by atoms with van der Waals surface area (Å²) in [5.74, 6) is -0.0215. The van der Waals surface area contributed by atoms with Gasteiger partial charge in [0.05, 0.1) is 6.42 Å². The minimum absolute atomic E-state index is 0.0299. The minimum Gasteiger partial charge on any atom is -0.481 e. The summed E-state index contributed by atoms with van der Waals surface area (Å²) in [5.41, 5.74) is 1.49. The Morgan fingerprint density at radius 1 is 1.29 bits per heavy atom. The SMILES string of the molecule is Cc1nnc2c(Sc3ccc(CC(=O)O)cc3)nccn12. The van der Waals surface area contributed by atoms with E-state index in [-0.39, 0.29) is 6.42 Å². The summed E-state index contributed by atoms with van der Waals surface area (Å²) in [6.45, 7) is 1.88. The van der Waals surface area contributed by atoms with E-state index in [0.29, 0.717) is 0 Å². The average Bonchev–Trinajstić information content (AvgIpc) is 2.83. The molecule has 6 nitrogen and oxygen atoms in total. The van der Waals surface area contributed by atoms with Crippen LogP contribution in [-0.2, 0) is 11.2 Å². The first-order chi connectivity index (χ1) is 10.1. The summed E-state index contributed by atoms with van der Waals surface area (Å²) in [5, 5.41) is 17.7. The van der Waals surface area contributed by atoms with Crippen LogP contribution < -0.4 is 0 Å². The smallest absolute Gasteiger partial charge is 0.307 e. The van der Waals surface area contributed by atoms with Crippen molar-refractivity contribution < 1.29 is 9.90 Å². The van der Waals surface area contributed by atoms with Gasteiger partial charge in [0.15, 0.2) is 5.65 Å². The molecule has 3 aromatic rings. The van der Waals surface area contributed by atoms with E-state index in [1.165, 1.54) is 11.8 Å². The molecule has 0 bridgehead atoms. The van der Waals surface area contributed by atoms with Crippen LogP contribution in [0.15, 0.2) is 46.6 Å². The lowest BCUT2D eigenvalue weighted by atomic mass is 10.2. The maximum Gasteiger partial charge on any atom is 0.307 e. The van der Waals surface area contributed by atoms with Gasteiger partial charge in [-0.3, -0.25) is 9.20 Å². The third kappa shape index (κ3) is 2.87. The summed E-state index contributed by atoms with van der Waals surface area (Å²) < 4.78 is 1.88. The molecule has 0 saturated carbocycles. The first-order valence-corrected chi connectivity index (χ1v) is 7.10. The lowest BCUT2D eigenvalue weighted by Gasteiger charge is -2.03. The molecular formula is C14H12N4O2S. The number of fused-ring (bicyclic) bond motifs is 1. The number of carboxylic acids is 1. The van der Waals surface area contributed by atoms with Crippen molar-refractivity contribution >= 4 is 23.4 Å². The number of hydrogen-bond donors (Lipinski definition) is 1. The molecular weight excluding hydrogens is 288 g/mol. The molecule has 0 aliphatic rings. The van der Waals surface area contributed by atoms with Crippen molar-refractivity contribution in [2.75, 3.05) is 0 Å². The van der Waals surface area contributed by atoms with Crippen molar-refractivity contribution in [1.82, 2.24) is 19.6 Å². The predicted molar refractivity (Wildman–Crippen MR) is 77.4 cm³/mol. The fraction of sp³-hybridized carbons (Fsp3) is 0.143. The van der Waals surface area contributed by atoms with Gasteiger partial charge >= 0.3 is 5.97 Å². The Labute approximate surface area is 124 Å². The Kier molecular flexibility index (Phi) is 3.57. The molecule has 0 spiro atoms. The molecule has 3 rings (SSSR count). The quantitative estimate of drug-likeness (QED) is 0.795. The minimum atomic E-state index is -0.833. The van der Waals surface area contributed by atoms with E-state index in [4.69, 9.17) is 5.11 Å². The van der Waals surface area contributed by atoms with Crippen LogP contribution in [0.25, 0.3) is 5.65 Å². The second-order valence-corrected chi connectivity index (χ2v) is 5.55. The van der Waals surface area contributed by atoms with Crippen molar-refractivity contribution in [2.45, 2.75) is 23.3 Å². The molecule has 2 heterocycles. The number of aliphatic carboxylic acids is 1. The first kappa shape index (κ1) is 13.6. The van der Waals surface area contributed by atoms with Crippen molar-refractivity contribution in [2.24, 2.45) is 0 Å². The highest BCUT2D eigenvalue weighted by molar-refractivity contribution is 7.99. The average molecular weight is 300 g/mol. The number of hydrogen-bond acceptors (Lipinski definition) is 5. The Morgan fingerprint density at radius 2 is 2.05 bits per heavy atom. The van der Waals surface area contributed by atoms with E-state index >= 15 is 0 Å². The summed E-state index contributed by atoms with van der Waals surface area (Å²) in [6, 6.07) is 7.39. The van der Waals surface area contributed by atoms with Crippen LogP contribution in [-0.4, -0.2) is 30.7 Å². The van der Waals surface area contributed by atoms with Crippen LogP contribution >= 0.6 is 11.8 Å². The van der Waals surface area contributed by atoms with Gasteiger partial charge in [0.2, 0.25) is 0 Å². The Bertz CT molecular complexity index is 798. The molecule has 0 saturated heterocycles. The normalized spacial score (nSPS) is 10.9. The molecule has 0 atom stereocenters. The molecule has 0 aliphatic heterocycles.